The van der Waals surface area contributed by atoms with Gasteiger partial charge in [-0.05, 0) is 29.8 Å². The molecule has 1 aromatic heterocycles. The van der Waals surface area contributed by atoms with Gasteiger partial charge in [-0.1, -0.05) is 12.1 Å². The first-order valence-corrected chi connectivity index (χ1v) is 7.69. The molecule has 0 fully saturated rings. The van der Waals surface area contributed by atoms with Crippen LogP contribution in [0.2, 0.25) is 0 Å². The van der Waals surface area contributed by atoms with E-state index >= 15 is 0 Å². The quantitative estimate of drug-likeness (QED) is 0.829. The molecule has 1 aliphatic rings. The van der Waals surface area contributed by atoms with E-state index in [2.05, 4.69) is 20.5 Å². The van der Waals surface area contributed by atoms with Crippen LogP contribution in [0, 0.1) is 0 Å². The van der Waals surface area contributed by atoms with Gasteiger partial charge in [-0.15, -0.1) is 13.2 Å². The molecule has 27 heavy (non-hydrogen) atoms. The highest BCUT2D eigenvalue weighted by Crippen LogP contribution is 2.28. The lowest BCUT2D eigenvalue weighted by Crippen LogP contribution is -2.19. The summed E-state index contributed by atoms with van der Waals surface area (Å²) in [4.78, 5) is 20.7. The Balaban J connectivity index is 1.63. The molecular weight excluding hydrogens is 367 g/mol. The summed E-state index contributed by atoms with van der Waals surface area (Å²) >= 11 is 0. The minimum Gasteiger partial charge on any atom is -0.438 e. The average Bonchev–Trinajstić information content (AvgIpc) is 3.09. The number of pyridine rings is 1. The van der Waals surface area contributed by atoms with E-state index in [0.29, 0.717) is 11.3 Å². The summed E-state index contributed by atoms with van der Waals surface area (Å²) in [6, 6.07) is 8.36. The van der Waals surface area contributed by atoms with Crippen molar-refractivity contribution < 1.29 is 32.3 Å². The smallest absolute Gasteiger partial charge is 0.438 e. The average molecular weight is 381 g/mol. The highest BCUT2D eigenvalue weighted by molar-refractivity contribution is 5.91. The molecule has 1 atom stereocenters. The van der Waals surface area contributed by atoms with Crippen molar-refractivity contribution in [1.82, 2.24) is 15.8 Å². The number of hydrogen-bond donors (Lipinski definition) is 2. The van der Waals surface area contributed by atoms with Crippen molar-refractivity contribution in [2.75, 3.05) is 7.05 Å². The van der Waals surface area contributed by atoms with Gasteiger partial charge in [-0.25, -0.2) is 10.5 Å². The maximum Gasteiger partial charge on any atom is 0.573 e. The van der Waals surface area contributed by atoms with Crippen molar-refractivity contribution >= 4 is 5.91 Å². The second kappa shape index (κ2) is 7.54. The monoisotopic (exact) mass is 381 g/mol. The number of aromatic nitrogens is 1. The fraction of sp³-hybridized carbons (Fsp3) is 0.176. The van der Waals surface area contributed by atoms with E-state index in [1.807, 2.05) is 0 Å². The number of halogens is 3. The minimum atomic E-state index is -4.74. The lowest BCUT2D eigenvalue weighted by atomic mass is 10.1. The number of hydrogen-bond acceptors (Lipinski definition) is 6. The van der Waals surface area contributed by atoms with E-state index in [0.717, 1.165) is 0 Å². The van der Waals surface area contributed by atoms with Crippen LogP contribution in [-0.2, 0) is 4.84 Å². The van der Waals surface area contributed by atoms with Gasteiger partial charge in [-0.2, -0.15) is 0 Å². The Morgan fingerprint density at radius 2 is 1.89 bits per heavy atom. The highest BCUT2D eigenvalue weighted by atomic mass is 19.4. The number of hydroxylamine groups is 1. The molecule has 0 unspecified atom stereocenters. The van der Waals surface area contributed by atoms with Gasteiger partial charge in [0.15, 0.2) is 0 Å². The van der Waals surface area contributed by atoms with Crippen LogP contribution in [0.3, 0.4) is 0 Å². The molecule has 10 heteroatoms. The Morgan fingerprint density at radius 1 is 1.19 bits per heavy atom. The summed E-state index contributed by atoms with van der Waals surface area (Å²) in [5.41, 5.74) is 3.42. The van der Waals surface area contributed by atoms with Crippen LogP contribution in [0.25, 0.3) is 0 Å². The maximum absolute atomic E-state index is 12.2. The van der Waals surface area contributed by atoms with Crippen LogP contribution < -0.4 is 20.3 Å². The molecule has 0 spiro atoms. The standard InChI is InChI=1S/C17H14F3N3O4/c1-21-16(24)13-7-6-12(9-22-13)25-15-8-14(27-23-15)10-2-4-11(5-3-10)26-17(18,19)20/h2-9,14,23H,1H3,(H,21,24)/t14-/m1/s1. The summed E-state index contributed by atoms with van der Waals surface area (Å²) in [6.07, 6.45) is -2.32. The third-order valence-electron chi connectivity index (χ3n) is 3.46. The minimum absolute atomic E-state index is 0.244. The maximum atomic E-state index is 12.2. The molecular formula is C17H14F3N3O4. The molecule has 1 amide bonds. The Morgan fingerprint density at radius 3 is 2.48 bits per heavy atom. The number of amides is 1. The molecule has 2 N–H and O–H groups in total. The second-order valence-corrected chi connectivity index (χ2v) is 5.35. The van der Waals surface area contributed by atoms with Crippen molar-refractivity contribution in [2.24, 2.45) is 0 Å². The Kier molecular flexibility index (Phi) is 5.17. The predicted octanol–water partition coefficient (Wildman–Crippen LogP) is 2.84. The van der Waals surface area contributed by atoms with E-state index in [1.54, 1.807) is 12.1 Å². The summed E-state index contributed by atoms with van der Waals surface area (Å²) in [7, 11) is 1.50. The van der Waals surface area contributed by atoms with Crippen LogP contribution >= 0.6 is 0 Å². The van der Waals surface area contributed by atoms with Crippen molar-refractivity contribution in [3.05, 3.63) is 65.8 Å². The second-order valence-electron chi connectivity index (χ2n) is 5.35. The van der Waals surface area contributed by atoms with E-state index in [4.69, 9.17) is 9.57 Å². The van der Waals surface area contributed by atoms with Crippen LogP contribution in [-0.4, -0.2) is 24.3 Å². The zero-order chi connectivity index (χ0) is 19.4. The van der Waals surface area contributed by atoms with E-state index < -0.39 is 12.5 Å². The van der Waals surface area contributed by atoms with Gasteiger partial charge >= 0.3 is 6.36 Å². The molecule has 3 rings (SSSR count). The van der Waals surface area contributed by atoms with E-state index in [9.17, 15) is 18.0 Å². The summed E-state index contributed by atoms with van der Waals surface area (Å²) in [6.45, 7) is 0. The number of rotatable bonds is 5. The van der Waals surface area contributed by atoms with Crippen LogP contribution in [0.15, 0.2) is 54.6 Å². The van der Waals surface area contributed by atoms with Gasteiger partial charge in [0.25, 0.3) is 5.91 Å². The van der Waals surface area contributed by atoms with E-state index in [1.165, 1.54) is 43.6 Å². The van der Waals surface area contributed by atoms with Gasteiger partial charge in [0.2, 0.25) is 5.88 Å². The lowest BCUT2D eigenvalue weighted by Gasteiger charge is -2.11. The fourth-order valence-electron chi connectivity index (χ4n) is 2.24. The number of ether oxygens (including phenoxy) is 2. The first-order chi connectivity index (χ1) is 12.8. The molecule has 1 aromatic carbocycles. The van der Waals surface area contributed by atoms with Crippen molar-refractivity contribution in [3.8, 4) is 11.5 Å². The molecule has 1 aliphatic heterocycles. The number of carbonyl (C=O) groups excluding carboxylic acids is 1. The molecule has 0 radical (unpaired) electrons. The number of nitrogens with one attached hydrogen (secondary N) is 2. The van der Waals surface area contributed by atoms with Crippen LogP contribution in [0.5, 0.6) is 11.5 Å². The predicted molar refractivity (Wildman–Crippen MR) is 86.4 cm³/mol. The molecule has 142 valence electrons. The summed E-state index contributed by atoms with van der Waals surface area (Å²) in [5.74, 6) is 0.0192. The van der Waals surface area contributed by atoms with Gasteiger partial charge in [0.05, 0.1) is 6.20 Å². The molecule has 0 saturated carbocycles. The fourth-order valence-corrected chi connectivity index (χ4v) is 2.24. The zero-order valence-electron chi connectivity index (χ0n) is 13.9. The Labute approximate surface area is 151 Å². The number of nitrogens with zero attached hydrogens (tertiary/aromatic N) is 1. The first kappa shape index (κ1) is 18.5. The molecule has 0 bridgehead atoms. The van der Waals surface area contributed by atoms with Crippen LogP contribution in [0.4, 0.5) is 13.2 Å². The molecule has 2 heterocycles. The van der Waals surface area contributed by atoms with E-state index in [-0.39, 0.29) is 23.2 Å². The molecule has 0 saturated heterocycles. The third-order valence-corrected chi connectivity index (χ3v) is 3.46. The van der Waals surface area contributed by atoms with Crippen LogP contribution in [0.1, 0.15) is 22.2 Å². The van der Waals surface area contributed by atoms with Gasteiger partial charge in [0, 0.05) is 13.1 Å². The SMILES string of the molecule is CNC(=O)c1ccc(OC2=C[C@H](c3ccc(OC(F)(F)F)cc3)ON2)cn1. The summed E-state index contributed by atoms with van der Waals surface area (Å²) < 4.78 is 45.9. The highest BCUT2D eigenvalue weighted by Gasteiger charge is 2.31. The number of carbonyl (C=O) groups is 1. The zero-order valence-corrected chi connectivity index (χ0v) is 13.9. The molecule has 2 aromatic rings. The van der Waals surface area contributed by atoms with Gasteiger partial charge in [-0.3, -0.25) is 9.63 Å². The van der Waals surface area contributed by atoms with Crippen molar-refractivity contribution in [3.63, 3.8) is 0 Å². The normalized spacial score (nSPS) is 16.3. The topological polar surface area (TPSA) is 81.7 Å². The largest absolute Gasteiger partial charge is 0.573 e. The molecule has 0 aliphatic carbocycles. The molecule has 7 nitrogen and oxygen atoms in total. The lowest BCUT2D eigenvalue weighted by molar-refractivity contribution is -0.274. The first-order valence-electron chi connectivity index (χ1n) is 7.69. The van der Waals surface area contributed by atoms with Gasteiger partial charge < -0.3 is 14.8 Å². The van der Waals surface area contributed by atoms with Gasteiger partial charge in [0.1, 0.15) is 23.3 Å². The number of benzene rings is 1. The van der Waals surface area contributed by atoms with Crippen molar-refractivity contribution in [1.29, 1.82) is 0 Å². The Bertz CT molecular complexity index is 836. The summed E-state index contributed by atoms with van der Waals surface area (Å²) in [5, 5.41) is 2.46. The number of alkyl halides is 3. The Hall–Kier alpha value is -3.27. The van der Waals surface area contributed by atoms with Crippen molar-refractivity contribution in [2.45, 2.75) is 12.5 Å². The third kappa shape index (κ3) is 4.88.